The number of carbonyl (C=O) groups excluding carboxylic acids is 1. The first-order chi connectivity index (χ1) is 12.0. The Morgan fingerprint density at radius 2 is 1.88 bits per heavy atom. The van der Waals surface area contributed by atoms with Crippen LogP contribution in [-0.2, 0) is 4.79 Å². The van der Waals surface area contributed by atoms with Gasteiger partial charge in [-0.3, -0.25) is 4.79 Å². The van der Waals surface area contributed by atoms with Gasteiger partial charge in [0.05, 0.1) is 17.7 Å². The summed E-state index contributed by atoms with van der Waals surface area (Å²) in [6, 6.07) is 14.8. The zero-order valence-electron chi connectivity index (χ0n) is 13.4. The van der Waals surface area contributed by atoms with Crippen molar-refractivity contribution in [1.29, 1.82) is 5.26 Å². The maximum absolute atomic E-state index is 12.4. The standard InChI is InChI=1S/C19H16F2N2O2/c1-13(15-8-6-14(12-22)7-9-15)23-18(24)11-10-16-4-2-3-5-17(16)25-19(20)21/h2-11,13,19H,1H3,(H,23,24)/b11-10+. The average Bonchev–Trinajstić information content (AvgIpc) is 2.60. The summed E-state index contributed by atoms with van der Waals surface area (Å²) in [5, 5.41) is 11.5. The van der Waals surface area contributed by atoms with Crippen LogP contribution in [0.2, 0.25) is 0 Å². The molecule has 0 aliphatic heterocycles. The number of carbonyl (C=O) groups is 1. The number of nitrogens with zero attached hydrogens (tertiary/aromatic N) is 1. The summed E-state index contributed by atoms with van der Waals surface area (Å²) in [6.45, 7) is -1.12. The summed E-state index contributed by atoms with van der Waals surface area (Å²) in [5.41, 5.74) is 1.77. The maximum Gasteiger partial charge on any atom is 0.387 e. The molecule has 0 fully saturated rings. The number of nitrogens with one attached hydrogen (secondary N) is 1. The molecule has 1 unspecified atom stereocenters. The molecule has 0 aromatic heterocycles. The molecule has 1 amide bonds. The fraction of sp³-hybridized carbons (Fsp3) is 0.158. The topological polar surface area (TPSA) is 62.1 Å². The van der Waals surface area contributed by atoms with Crippen LogP contribution in [0.3, 0.4) is 0 Å². The number of nitriles is 1. The van der Waals surface area contributed by atoms with Crippen LogP contribution in [0, 0.1) is 11.3 Å². The van der Waals surface area contributed by atoms with Crippen LogP contribution in [0.5, 0.6) is 5.75 Å². The number of alkyl halides is 2. The summed E-state index contributed by atoms with van der Waals surface area (Å²) < 4.78 is 29.1. The van der Waals surface area contributed by atoms with E-state index in [1.165, 1.54) is 18.2 Å². The first kappa shape index (κ1) is 18.1. The number of ether oxygens (including phenoxy) is 1. The first-order valence-corrected chi connectivity index (χ1v) is 7.52. The lowest BCUT2D eigenvalue weighted by molar-refractivity contribution is -0.117. The Balaban J connectivity index is 2.02. The number of amides is 1. The second kappa shape index (κ2) is 8.60. The third kappa shape index (κ3) is 5.43. The molecule has 0 saturated heterocycles. The van der Waals surface area contributed by atoms with Crippen LogP contribution in [0.4, 0.5) is 8.78 Å². The SMILES string of the molecule is CC(NC(=O)/C=C/c1ccccc1OC(F)F)c1ccc(C#N)cc1. The zero-order valence-corrected chi connectivity index (χ0v) is 13.4. The van der Waals surface area contributed by atoms with Crippen LogP contribution in [0.1, 0.15) is 29.7 Å². The monoisotopic (exact) mass is 342 g/mol. The van der Waals surface area contributed by atoms with Gasteiger partial charge >= 0.3 is 6.61 Å². The summed E-state index contributed by atoms with van der Waals surface area (Å²) in [6.07, 6.45) is 2.67. The highest BCUT2D eigenvalue weighted by Crippen LogP contribution is 2.21. The van der Waals surface area contributed by atoms with Gasteiger partial charge in [0.25, 0.3) is 0 Å². The van der Waals surface area contributed by atoms with E-state index < -0.39 is 6.61 Å². The molecule has 0 spiro atoms. The summed E-state index contributed by atoms with van der Waals surface area (Å²) >= 11 is 0. The van der Waals surface area contributed by atoms with Crippen LogP contribution < -0.4 is 10.1 Å². The van der Waals surface area contributed by atoms with Gasteiger partial charge in [0, 0.05) is 11.6 Å². The van der Waals surface area contributed by atoms with Crippen LogP contribution >= 0.6 is 0 Å². The normalized spacial score (nSPS) is 12.0. The van der Waals surface area contributed by atoms with Crippen molar-refractivity contribution in [2.24, 2.45) is 0 Å². The van der Waals surface area contributed by atoms with Crippen LogP contribution in [0.25, 0.3) is 6.08 Å². The fourth-order valence-corrected chi connectivity index (χ4v) is 2.18. The van der Waals surface area contributed by atoms with Crippen molar-refractivity contribution in [3.8, 4) is 11.8 Å². The summed E-state index contributed by atoms with van der Waals surface area (Å²) in [7, 11) is 0. The molecule has 0 aliphatic carbocycles. The molecule has 25 heavy (non-hydrogen) atoms. The van der Waals surface area contributed by atoms with Crippen molar-refractivity contribution in [2.75, 3.05) is 0 Å². The number of halogens is 2. The van der Waals surface area contributed by atoms with Crippen molar-refractivity contribution in [2.45, 2.75) is 19.6 Å². The van der Waals surface area contributed by atoms with E-state index in [1.54, 1.807) is 49.4 Å². The first-order valence-electron chi connectivity index (χ1n) is 7.52. The van der Waals surface area contributed by atoms with E-state index in [4.69, 9.17) is 5.26 Å². The number of para-hydroxylation sites is 1. The highest BCUT2D eigenvalue weighted by Gasteiger charge is 2.09. The molecular weight excluding hydrogens is 326 g/mol. The average molecular weight is 342 g/mol. The Hall–Kier alpha value is -3.20. The number of hydrogen-bond acceptors (Lipinski definition) is 3. The molecule has 0 radical (unpaired) electrons. The molecule has 4 nitrogen and oxygen atoms in total. The Bertz CT molecular complexity index is 796. The largest absolute Gasteiger partial charge is 0.434 e. The number of hydrogen-bond donors (Lipinski definition) is 1. The highest BCUT2D eigenvalue weighted by molar-refractivity contribution is 5.92. The van der Waals surface area contributed by atoms with Gasteiger partial charge < -0.3 is 10.1 Å². The molecule has 2 aromatic carbocycles. The van der Waals surface area contributed by atoms with Gasteiger partial charge in [0.2, 0.25) is 5.91 Å². The lowest BCUT2D eigenvalue weighted by Crippen LogP contribution is -2.24. The molecule has 0 heterocycles. The quantitative estimate of drug-likeness (QED) is 0.806. The van der Waals surface area contributed by atoms with Gasteiger partial charge in [-0.25, -0.2) is 0 Å². The van der Waals surface area contributed by atoms with E-state index in [0.29, 0.717) is 11.1 Å². The second-order valence-electron chi connectivity index (χ2n) is 5.21. The van der Waals surface area contributed by atoms with E-state index in [-0.39, 0.29) is 17.7 Å². The Labute approximate surface area is 144 Å². The van der Waals surface area contributed by atoms with Crippen molar-refractivity contribution >= 4 is 12.0 Å². The minimum Gasteiger partial charge on any atom is -0.434 e. The second-order valence-corrected chi connectivity index (χ2v) is 5.21. The van der Waals surface area contributed by atoms with Crippen molar-refractivity contribution in [3.63, 3.8) is 0 Å². The Morgan fingerprint density at radius 1 is 1.20 bits per heavy atom. The van der Waals surface area contributed by atoms with Crippen LogP contribution in [-0.4, -0.2) is 12.5 Å². The van der Waals surface area contributed by atoms with E-state index in [9.17, 15) is 13.6 Å². The minimum absolute atomic E-state index is 0.00157. The summed E-state index contributed by atoms with van der Waals surface area (Å²) in [4.78, 5) is 12.0. The minimum atomic E-state index is -2.93. The molecule has 0 saturated carbocycles. The highest BCUT2D eigenvalue weighted by atomic mass is 19.3. The molecule has 0 aliphatic rings. The van der Waals surface area contributed by atoms with Gasteiger partial charge in [0.15, 0.2) is 0 Å². The molecule has 1 N–H and O–H groups in total. The van der Waals surface area contributed by atoms with E-state index in [0.717, 1.165) is 5.56 Å². The molecule has 128 valence electrons. The van der Waals surface area contributed by atoms with Crippen molar-refractivity contribution in [3.05, 3.63) is 71.3 Å². The molecule has 6 heteroatoms. The predicted octanol–water partition coefficient (Wildman–Crippen LogP) is 4.05. The van der Waals surface area contributed by atoms with E-state index >= 15 is 0 Å². The zero-order chi connectivity index (χ0) is 18.2. The van der Waals surface area contributed by atoms with Gasteiger partial charge in [-0.05, 0) is 36.8 Å². The third-order valence-corrected chi connectivity index (χ3v) is 3.45. The third-order valence-electron chi connectivity index (χ3n) is 3.45. The van der Waals surface area contributed by atoms with Gasteiger partial charge in [0.1, 0.15) is 5.75 Å². The molecule has 2 rings (SSSR count). The molecule has 1 atom stereocenters. The Morgan fingerprint density at radius 3 is 2.52 bits per heavy atom. The van der Waals surface area contributed by atoms with Gasteiger partial charge in [-0.15, -0.1) is 0 Å². The summed E-state index contributed by atoms with van der Waals surface area (Å²) in [5.74, 6) is -0.370. The van der Waals surface area contributed by atoms with E-state index in [2.05, 4.69) is 10.1 Å². The number of rotatable bonds is 6. The van der Waals surface area contributed by atoms with E-state index in [1.807, 2.05) is 6.07 Å². The smallest absolute Gasteiger partial charge is 0.387 e. The fourth-order valence-electron chi connectivity index (χ4n) is 2.18. The van der Waals surface area contributed by atoms with Crippen LogP contribution in [0.15, 0.2) is 54.6 Å². The lowest BCUT2D eigenvalue weighted by atomic mass is 10.1. The molecule has 0 bridgehead atoms. The number of benzene rings is 2. The molecule has 2 aromatic rings. The maximum atomic E-state index is 12.4. The van der Waals surface area contributed by atoms with Crippen molar-refractivity contribution in [1.82, 2.24) is 5.32 Å². The molecular formula is C19H16F2N2O2. The lowest BCUT2D eigenvalue weighted by Gasteiger charge is -2.13. The van der Waals surface area contributed by atoms with Gasteiger partial charge in [-0.2, -0.15) is 14.0 Å². The van der Waals surface area contributed by atoms with Crippen molar-refractivity contribution < 1.29 is 18.3 Å². The van der Waals surface area contributed by atoms with Gasteiger partial charge in [-0.1, -0.05) is 30.3 Å². The Kier molecular flexibility index (Phi) is 6.24. The predicted molar refractivity (Wildman–Crippen MR) is 89.8 cm³/mol.